The van der Waals surface area contributed by atoms with Gasteiger partial charge in [-0.1, -0.05) is 0 Å². The Morgan fingerprint density at radius 2 is 2.03 bits per heavy atom. The minimum absolute atomic E-state index is 0.153. The van der Waals surface area contributed by atoms with Crippen molar-refractivity contribution in [3.8, 4) is 28.3 Å². The molecule has 0 aliphatic carbocycles. The molecule has 1 aliphatic rings. The summed E-state index contributed by atoms with van der Waals surface area (Å²) in [5, 5.41) is 2.95. The highest BCUT2D eigenvalue weighted by atomic mass is 16.5. The Bertz CT molecular complexity index is 1270. The molecule has 0 saturated heterocycles. The summed E-state index contributed by atoms with van der Waals surface area (Å²) in [6.07, 6.45) is 6.83. The number of anilines is 2. The summed E-state index contributed by atoms with van der Waals surface area (Å²) in [5.41, 5.74) is 9.51. The number of carbonyl (C=O) groups is 1. The van der Waals surface area contributed by atoms with Crippen molar-refractivity contribution < 1.29 is 18.4 Å². The van der Waals surface area contributed by atoms with Crippen LogP contribution in [-0.2, 0) is 6.42 Å². The van der Waals surface area contributed by atoms with Crippen molar-refractivity contribution >= 4 is 17.4 Å². The van der Waals surface area contributed by atoms with Crippen LogP contribution < -0.4 is 15.8 Å². The molecule has 31 heavy (non-hydrogen) atoms. The van der Waals surface area contributed by atoms with Crippen LogP contribution in [-0.4, -0.2) is 21.5 Å². The molecule has 3 N–H and O–H groups in total. The largest absolute Gasteiger partial charge is 0.487 e. The standard InChI is InChI=1S/C23H20N4O4/c1-23(2)10-15-7-17(16(9-19(15)31-23)14-4-6-29-11-14)26-21(28)18-12-30-22(27-18)13-3-5-25-20(24)8-13/h3-9,11-12H,10H2,1-2H3,(H2,24,25)(H,26,28). The number of nitrogens with one attached hydrogen (secondary N) is 1. The molecule has 4 aromatic rings. The highest BCUT2D eigenvalue weighted by Crippen LogP contribution is 2.42. The van der Waals surface area contributed by atoms with Crippen LogP contribution in [0.1, 0.15) is 29.9 Å². The van der Waals surface area contributed by atoms with Crippen molar-refractivity contribution in [1.82, 2.24) is 9.97 Å². The van der Waals surface area contributed by atoms with Crippen LogP contribution in [0.25, 0.3) is 22.6 Å². The Morgan fingerprint density at radius 3 is 2.81 bits per heavy atom. The topological polar surface area (TPSA) is 116 Å². The van der Waals surface area contributed by atoms with Crippen molar-refractivity contribution in [2.75, 3.05) is 11.1 Å². The number of benzene rings is 1. The number of carbonyl (C=O) groups excluding carboxylic acids is 1. The molecule has 0 atom stereocenters. The first kappa shape index (κ1) is 18.9. The van der Waals surface area contributed by atoms with E-state index in [4.69, 9.17) is 19.3 Å². The summed E-state index contributed by atoms with van der Waals surface area (Å²) in [7, 11) is 0. The highest BCUT2D eigenvalue weighted by Gasteiger charge is 2.31. The SMILES string of the molecule is CC1(C)Cc2cc(NC(=O)c3coc(-c4ccnc(N)c4)n3)c(-c3ccoc3)cc2O1. The van der Waals surface area contributed by atoms with Crippen molar-refractivity contribution in [1.29, 1.82) is 0 Å². The number of nitrogen functional groups attached to an aromatic ring is 1. The van der Waals surface area contributed by atoms with Crippen LogP contribution in [0.5, 0.6) is 5.75 Å². The molecular formula is C23H20N4O4. The summed E-state index contributed by atoms with van der Waals surface area (Å²) in [5.74, 6) is 1.05. The fourth-order valence-corrected chi connectivity index (χ4v) is 3.69. The molecule has 0 radical (unpaired) electrons. The summed E-state index contributed by atoms with van der Waals surface area (Å²) < 4.78 is 16.8. The number of aromatic nitrogens is 2. The van der Waals surface area contributed by atoms with Gasteiger partial charge in [-0.25, -0.2) is 9.97 Å². The lowest BCUT2D eigenvalue weighted by Gasteiger charge is -2.17. The van der Waals surface area contributed by atoms with E-state index in [1.54, 1.807) is 30.9 Å². The Balaban J connectivity index is 1.47. The number of nitrogens with zero attached hydrogens (tertiary/aromatic N) is 2. The van der Waals surface area contributed by atoms with E-state index < -0.39 is 0 Å². The van der Waals surface area contributed by atoms with E-state index in [2.05, 4.69) is 15.3 Å². The maximum atomic E-state index is 12.9. The molecule has 4 heterocycles. The number of hydrogen-bond acceptors (Lipinski definition) is 7. The Labute approximate surface area is 178 Å². The number of oxazole rings is 1. The molecule has 3 aromatic heterocycles. The number of furan rings is 1. The van der Waals surface area contributed by atoms with Gasteiger partial charge in [0, 0.05) is 40.6 Å². The number of rotatable bonds is 4. The first-order valence-electron chi connectivity index (χ1n) is 9.75. The normalized spacial score (nSPS) is 14.1. The summed E-state index contributed by atoms with van der Waals surface area (Å²) in [4.78, 5) is 21.2. The summed E-state index contributed by atoms with van der Waals surface area (Å²) in [6.45, 7) is 4.07. The molecule has 0 spiro atoms. The van der Waals surface area contributed by atoms with Gasteiger partial charge in [-0.3, -0.25) is 4.79 Å². The number of fused-ring (bicyclic) bond motifs is 1. The Kier molecular flexibility index (Phi) is 4.28. The Morgan fingerprint density at radius 1 is 1.16 bits per heavy atom. The average Bonchev–Trinajstić information content (AvgIpc) is 3.46. The van der Waals surface area contributed by atoms with E-state index in [-0.39, 0.29) is 17.2 Å². The quantitative estimate of drug-likeness (QED) is 0.501. The van der Waals surface area contributed by atoms with Crippen LogP contribution in [0, 0.1) is 0 Å². The number of pyridine rings is 1. The third-order valence-electron chi connectivity index (χ3n) is 5.05. The van der Waals surface area contributed by atoms with Crippen LogP contribution in [0.15, 0.2) is 64.2 Å². The van der Waals surface area contributed by atoms with Crippen molar-refractivity contribution in [2.24, 2.45) is 0 Å². The molecule has 0 bridgehead atoms. The third-order valence-corrected chi connectivity index (χ3v) is 5.05. The van der Waals surface area contributed by atoms with Gasteiger partial charge in [-0.05, 0) is 44.2 Å². The predicted octanol–water partition coefficient (Wildman–Crippen LogP) is 4.54. The Hall–Kier alpha value is -4.07. The third kappa shape index (κ3) is 3.63. The van der Waals surface area contributed by atoms with Gasteiger partial charge >= 0.3 is 0 Å². The summed E-state index contributed by atoms with van der Waals surface area (Å²) in [6, 6.07) is 9.04. The first-order valence-corrected chi connectivity index (χ1v) is 9.75. The van der Waals surface area contributed by atoms with Crippen LogP contribution in [0.4, 0.5) is 11.5 Å². The monoisotopic (exact) mass is 416 g/mol. The van der Waals surface area contributed by atoms with E-state index in [1.165, 1.54) is 6.26 Å². The molecule has 5 rings (SSSR count). The smallest absolute Gasteiger partial charge is 0.277 e. The zero-order valence-corrected chi connectivity index (χ0v) is 17.0. The minimum Gasteiger partial charge on any atom is -0.487 e. The van der Waals surface area contributed by atoms with Gasteiger partial charge in [-0.2, -0.15) is 0 Å². The van der Waals surface area contributed by atoms with Gasteiger partial charge in [0.2, 0.25) is 5.89 Å². The van der Waals surface area contributed by atoms with E-state index in [0.29, 0.717) is 23.0 Å². The lowest BCUT2D eigenvalue weighted by Crippen LogP contribution is -2.24. The maximum absolute atomic E-state index is 12.9. The number of amides is 1. The van der Waals surface area contributed by atoms with Gasteiger partial charge in [-0.15, -0.1) is 0 Å². The molecule has 8 heteroatoms. The molecule has 0 unspecified atom stereocenters. The van der Waals surface area contributed by atoms with Crippen LogP contribution in [0.3, 0.4) is 0 Å². The molecule has 156 valence electrons. The molecule has 1 aromatic carbocycles. The number of hydrogen-bond donors (Lipinski definition) is 2. The van der Waals surface area contributed by atoms with Crippen molar-refractivity contribution in [3.63, 3.8) is 0 Å². The number of ether oxygens (including phenoxy) is 1. The molecule has 1 amide bonds. The minimum atomic E-state index is -0.389. The molecule has 0 fully saturated rings. The zero-order chi connectivity index (χ0) is 21.6. The number of nitrogens with two attached hydrogens (primary N) is 1. The lowest BCUT2D eigenvalue weighted by molar-refractivity contribution is 0.102. The van der Waals surface area contributed by atoms with E-state index in [9.17, 15) is 4.79 Å². The highest BCUT2D eigenvalue weighted by molar-refractivity contribution is 6.05. The van der Waals surface area contributed by atoms with Gasteiger partial charge in [0.15, 0.2) is 5.69 Å². The van der Waals surface area contributed by atoms with E-state index >= 15 is 0 Å². The van der Waals surface area contributed by atoms with Crippen LogP contribution >= 0.6 is 0 Å². The lowest BCUT2D eigenvalue weighted by atomic mass is 9.98. The fraction of sp³-hybridized carbons (Fsp3) is 0.174. The predicted molar refractivity (Wildman–Crippen MR) is 115 cm³/mol. The first-order chi connectivity index (χ1) is 14.9. The van der Waals surface area contributed by atoms with E-state index in [0.717, 1.165) is 28.9 Å². The van der Waals surface area contributed by atoms with Crippen molar-refractivity contribution in [3.05, 3.63) is 66.6 Å². The molecule has 1 aliphatic heterocycles. The van der Waals surface area contributed by atoms with E-state index in [1.807, 2.05) is 32.0 Å². The molecular weight excluding hydrogens is 396 g/mol. The van der Waals surface area contributed by atoms with Crippen molar-refractivity contribution in [2.45, 2.75) is 25.9 Å². The van der Waals surface area contributed by atoms with Gasteiger partial charge in [0.05, 0.1) is 12.5 Å². The average molecular weight is 416 g/mol. The molecule has 8 nitrogen and oxygen atoms in total. The van der Waals surface area contributed by atoms with Crippen LogP contribution in [0.2, 0.25) is 0 Å². The van der Waals surface area contributed by atoms with Gasteiger partial charge < -0.3 is 24.6 Å². The van der Waals surface area contributed by atoms with Gasteiger partial charge in [0.1, 0.15) is 23.4 Å². The zero-order valence-electron chi connectivity index (χ0n) is 17.0. The summed E-state index contributed by atoms with van der Waals surface area (Å²) >= 11 is 0. The second-order valence-electron chi connectivity index (χ2n) is 8.02. The second-order valence-corrected chi connectivity index (χ2v) is 8.02. The molecule has 0 saturated carbocycles. The second kappa shape index (κ2) is 7.02. The van der Waals surface area contributed by atoms with Gasteiger partial charge in [0.25, 0.3) is 5.91 Å². The maximum Gasteiger partial charge on any atom is 0.277 e. The fourth-order valence-electron chi connectivity index (χ4n) is 3.69.